The lowest BCUT2D eigenvalue weighted by Gasteiger charge is -2.18. The number of carbonyl (C=O) groups is 1. The summed E-state index contributed by atoms with van der Waals surface area (Å²) in [7, 11) is 0. The molecule has 1 amide bonds. The SMILES string of the molecule is CC1(C)Cc2cccc(OCC(=O)NNC(=S)NCC3CCCO3)c2O1. The van der Waals surface area contributed by atoms with Crippen molar-refractivity contribution in [3.63, 3.8) is 0 Å². The van der Waals surface area contributed by atoms with Crippen LogP contribution in [0.2, 0.25) is 0 Å². The summed E-state index contributed by atoms with van der Waals surface area (Å²) in [4.78, 5) is 12.0. The number of ether oxygens (including phenoxy) is 3. The zero-order valence-electron chi connectivity index (χ0n) is 15.1. The van der Waals surface area contributed by atoms with E-state index < -0.39 is 0 Å². The van der Waals surface area contributed by atoms with E-state index >= 15 is 0 Å². The lowest BCUT2D eigenvalue weighted by molar-refractivity contribution is -0.123. The number of nitrogens with one attached hydrogen (secondary N) is 3. The number of amides is 1. The highest BCUT2D eigenvalue weighted by Gasteiger charge is 2.32. The standard InChI is InChI=1S/C18H25N3O4S/c1-18(2)9-12-5-3-7-14(16(12)25-18)24-11-15(22)20-21-17(26)19-10-13-6-4-8-23-13/h3,5,7,13H,4,6,8-11H2,1-2H3,(H,20,22)(H2,19,21,26). The zero-order valence-corrected chi connectivity index (χ0v) is 15.9. The van der Waals surface area contributed by atoms with E-state index in [1.165, 1.54) is 0 Å². The first-order chi connectivity index (χ1) is 12.4. The molecule has 7 nitrogen and oxygen atoms in total. The summed E-state index contributed by atoms with van der Waals surface area (Å²) < 4.78 is 17.0. The van der Waals surface area contributed by atoms with E-state index in [1.54, 1.807) is 6.07 Å². The first kappa shape index (κ1) is 18.7. The van der Waals surface area contributed by atoms with Gasteiger partial charge in [0.05, 0.1) is 6.10 Å². The number of hydrogen-bond donors (Lipinski definition) is 3. The molecule has 142 valence electrons. The van der Waals surface area contributed by atoms with Gasteiger partial charge in [-0.15, -0.1) is 0 Å². The smallest absolute Gasteiger partial charge is 0.276 e. The number of hydrazine groups is 1. The van der Waals surface area contributed by atoms with E-state index in [-0.39, 0.29) is 24.2 Å². The van der Waals surface area contributed by atoms with Gasteiger partial charge in [0.15, 0.2) is 23.2 Å². The Hall–Kier alpha value is -2.06. The monoisotopic (exact) mass is 379 g/mol. The third-order valence-electron chi connectivity index (χ3n) is 4.24. The van der Waals surface area contributed by atoms with Gasteiger partial charge in [-0.2, -0.15) is 0 Å². The van der Waals surface area contributed by atoms with Gasteiger partial charge in [0.25, 0.3) is 5.91 Å². The molecular weight excluding hydrogens is 354 g/mol. The second kappa shape index (κ2) is 8.09. The van der Waals surface area contributed by atoms with Crippen molar-refractivity contribution < 1.29 is 19.0 Å². The lowest BCUT2D eigenvalue weighted by Crippen LogP contribution is -2.49. The Balaban J connectivity index is 1.39. The van der Waals surface area contributed by atoms with E-state index in [0.29, 0.717) is 23.2 Å². The van der Waals surface area contributed by atoms with Crippen LogP contribution in [-0.2, 0) is 16.0 Å². The number of fused-ring (bicyclic) bond motifs is 1. The minimum Gasteiger partial charge on any atom is -0.483 e. The van der Waals surface area contributed by atoms with Crippen LogP contribution in [0.1, 0.15) is 32.3 Å². The first-order valence-corrected chi connectivity index (χ1v) is 9.22. The number of thiocarbonyl (C=S) groups is 1. The highest BCUT2D eigenvalue weighted by molar-refractivity contribution is 7.80. The molecule has 3 N–H and O–H groups in total. The molecule has 1 aromatic carbocycles. The largest absolute Gasteiger partial charge is 0.483 e. The molecule has 8 heteroatoms. The predicted molar refractivity (Wildman–Crippen MR) is 101 cm³/mol. The first-order valence-electron chi connectivity index (χ1n) is 8.81. The minimum atomic E-state index is -0.332. The molecule has 26 heavy (non-hydrogen) atoms. The summed E-state index contributed by atoms with van der Waals surface area (Å²) >= 11 is 5.12. The summed E-state index contributed by atoms with van der Waals surface area (Å²) in [6.07, 6.45) is 3.09. The summed E-state index contributed by atoms with van der Waals surface area (Å²) in [6.45, 7) is 5.34. The Bertz CT molecular complexity index is 674. The van der Waals surface area contributed by atoms with Crippen LogP contribution in [0.25, 0.3) is 0 Å². The van der Waals surface area contributed by atoms with Crippen LogP contribution >= 0.6 is 12.2 Å². The van der Waals surface area contributed by atoms with Crippen molar-refractivity contribution in [1.29, 1.82) is 0 Å². The molecule has 0 radical (unpaired) electrons. The Kier molecular flexibility index (Phi) is 5.83. The van der Waals surface area contributed by atoms with E-state index in [4.69, 9.17) is 26.4 Å². The van der Waals surface area contributed by atoms with Crippen molar-refractivity contribution in [3.05, 3.63) is 23.8 Å². The topological polar surface area (TPSA) is 80.9 Å². The normalized spacial score (nSPS) is 20.0. The maximum atomic E-state index is 12.0. The third kappa shape index (κ3) is 4.98. The van der Waals surface area contributed by atoms with Crippen molar-refractivity contribution in [2.75, 3.05) is 19.8 Å². The Morgan fingerprint density at radius 1 is 1.38 bits per heavy atom. The molecule has 0 aliphatic carbocycles. The van der Waals surface area contributed by atoms with Gasteiger partial charge in [0.1, 0.15) is 5.60 Å². The van der Waals surface area contributed by atoms with Crippen LogP contribution in [-0.4, -0.2) is 42.5 Å². The summed E-state index contributed by atoms with van der Waals surface area (Å²) in [5, 5.41) is 3.36. The maximum absolute atomic E-state index is 12.0. The zero-order chi connectivity index (χ0) is 18.6. The fraction of sp³-hybridized carbons (Fsp3) is 0.556. The average molecular weight is 379 g/mol. The minimum absolute atomic E-state index is 0.137. The van der Waals surface area contributed by atoms with E-state index in [9.17, 15) is 4.79 Å². The Morgan fingerprint density at radius 2 is 2.23 bits per heavy atom. The molecule has 3 rings (SSSR count). The lowest BCUT2D eigenvalue weighted by atomic mass is 10.0. The quantitative estimate of drug-likeness (QED) is 0.528. The molecule has 0 bridgehead atoms. The molecule has 0 spiro atoms. The molecule has 2 aliphatic heterocycles. The van der Waals surface area contributed by atoms with Crippen LogP contribution in [0.5, 0.6) is 11.5 Å². The number of carbonyl (C=O) groups excluding carboxylic acids is 1. The van der Waals surface area contributed by atoms with E-state index in [1.807, 2.05) is 26.0 Å². The average Bonchev–Trinajstić information content (AvgIpc) is 3.22. The van der Waals surface area contributed by atoms with Gasteiger partial charge in [-0.05, 0) is 45.0 Å². The second-order valence-electron chi connectivity index (χ2n) is 7.09. The molecule has 2 aliphatic rings. The van der Waals surface area contributed by atoms with Gasteiger partial charge in [0.2, 0.25) is 0 Å². The number of rotatable bonds is 5. The number of hydrogen-bond acceptors (Lipinski definition) is 5. The number of para-hydroxylation sites is 1. The van der Waals surface area contributed by atoms with Crippen molar-refractivity contribution in [1.82, 2.24) is 16.2 Å². The maximum Gasteiger partial charge on any atom is 0.276 e. The van der Waals surface area contributed by atoms with Gasteiger partial charge >= 0.3 is 0 Å². The van der Waals surface area contributed by atoms with Crippen LogP contribution in [0.3, 0.4) is 0 Å². The molecule has 2 heterocycles. The molecular formula is C18H25N3O4S. The molecule has 1 unspecified atom stereocenters. The van der Waals surface area contributed by atoms with Gasteiger partial charge in [-0.3, -0.25) is 15.6 Å². The van der Waals surface area contributed by atoms with Crippen molar-refractivity contribution >= 4 is 23.2 Å². The highest BCUT2D eigenvalue weighted by Crippen LogP contribution is 2.41. The number of benzene rings is 1. The van der Waals surface area contributed by atoms with E-state index in [2.05, 4.69) is 16.2 Å². The van der Waals surface area contributed by atoms with Crippen molar-refractivity contribution in [3.8, 4) is 11.5 Å². The molecule has 0 aromatic heterocycles. The van der Waals surface area contributed by atoms with Crippen LogP contribution in [0.15, 0.2) is 18.2 Å². The molecule has 1 atom stereocenters. The Morgan fingerprint density at radius 3 is 3.00 bits per heavy atom. The fourth-order valence-electron chi connectivity index (χ4n) is 3.06. The van der Waals surface area contributed by atoms with Crippen molar-refractivity contribution in [2.45, 2.75) is 44.8 Å². The highest BCUT2D eigenvalue weighted by atomic mass is 32.1. The molecule has 1 fully saturated rings. The van der Waals surface area contributed by atoms with Crippen LogP contribution in [0, 0.1) is 0 Å². The van der Waals surface area contributed by atoms with Crippen LogP contribution in [0.4, 0.5) is 0 Å². The van der Waals surface area contributed by atoms with E-state index in [0.717, 1.165) is 31.4 Å². The third-order valence-corrected chi connectivity index (χ3v) is 4.49. The molecule has 1 saturated heterocycles. The predicted octanol–water partition coefficient (Wildman–Crippen LogP) is 1.45. The van der Waals surface area contributed by atoms with Gasteiger partial charge < -0.3 is 19.5 Å². The molecule has 0 saturated carbocycles. The summed E-state index contributed by atoms with van der Waals surface area (Å²) in [5.41, 5.74) is 6.01. The van der Waals surface area contributed by atoms with Gasteiger partial charge in [-0.25, -0.2) is 0 Å². The summed E-state index contributed by atoms with van der Waals surface area (Å²) in [5.74, 6) is 0.954. The fourth-order valence-corrected chi connectivity index (χ4v) is 3.20. The summed E-state index contributed by atoms with van der Waals surface area (Å²) in [6, 6.07) is 5.71. The van der Waals surface area contributed by atoms with Crippen molar-refractivity contribution in [2.24, 2.45) is 0 Å². The van der Waals surface area contributed by atoms with Gasteiger partial charge in [-0.1, -0.05) is 12.1 Å². The van der Waals surface area contributed by atoms with Gasteiger partial charge in [0, 0.05) is 25.1 Å². The second-order valence-corrected chi connectivity index (χ2v) is 7.50. The molecule has 1 aromatic rings. The van der Waals surface area contributed by atoms with Crippen LogP contribution < -0.4 is 25.6 Å². The Labute approximate surface area is 158 Å².